The van der Waals surface area contributed by atoms with Crippen molar-refractivity contribution in [3.63, 3.8) is 0 Å². The van der Waals surface area contributed by atoms with Gasteiger partial charge in [0.2, 0.25) is 0 Å². The van der Waals surface area contributed by atoms with Crippen LogP contribution in [0.3, 0.4) is 0 Å². The molecule has 0 spiro atoms. The average Bonchev–Trinajstić information content (AvgIpc) is 3.25. The number of aliphatic hydroxyl groups excluding tert-OH is 1. The predicted molar refractivity (Wildman–Crippen MR) is 170 cm³/mol. The van der Waals surface area contributed by atoms with Crippen LogP contribution in [0.25, 0.3) is 5.76 Å². The van der Waals surface area contributed by atoms with Crippen LogP contribution in [0.4, 0.5) is 0 Å². The lowest BCUT2D eigenvalue weighted by Crippen LogP contribution is -2.30. The second-order valence-electron chi connectivity index (χ2n) is 11.2. The molecule has 0 aliphatic carbocycles. The lowest BCUT2D eigenvalue weighted by Gasteiger charge is -2.26. The molecule has 0 aromatic heterocycles. The van der Waals surface area contributed by atoms with E-state index in [1.54, 1.807) is 55.5 Å². The molecule has 0 bridgehead atoms. The number of amides is 1. The number of aliphatic hydroxyl groups is 1. The van der Waals surface area contributed by atoms with Crippen molar-refractivity contribution in [3.8, 4) is 11.5 Å². The summed E-state index contributed by atoms with van der Waals surface area (Å²) >= 11 is 6.04. The molecule has 1 aliphatic rings. The molecule has 42 heavy (non-hydrogen) atoms. The molecule has 2 aromatic carbocycles. The quantitative estimate of drug-likeness (QED) is 0.0755. The van der Waals surface area contributed by atoms with Crippen LogP contribution < -0.4 is 9.47 Å². The summed E-state index contributed by atoms with van der Waals surface area (Å²) in [7, 11) is 3.10. The first-order valence-corrected chi connectivity index (χ1v) is 16.1. The van der Waals surface area contributed by atoms with Gasteiger partial charge in [-0.2, -0.15) is 0 Å². The fourth-order valence-electron chi connectivity index (χ4n) is 5.72. The van der Waals surface area contributed by atoms with Crippen molar-refractivity contribution in [2.75, 3.05) is 20.8 Å². The minimum Gasteiger partial charge on any atom is -0.507 e. The van der Waals surface area contributed by atoms with E-state index in [0.717, 1.165) is 19.3 Å². The SMILES string of the molecule is CCCCCCCCCCCCCCCCN1C(=O)C(=O)C(=C(O)c2ccc(Cl)cc2)[C@@H]1c1ccc(OC)c(OC)c1. The van der Waals surface area contributed by atoms with Gasteiger partial charge in [0.15, 0.2) is 11.5 Å². The Bertz CT molecular complexity index is 1180. The van der Waals surface area contributed by atoms with E-state index in [1.165, 1.54) is 70.6 Å². The van der Waals surface area contributed by atoms with Crippen molar-refractivity contribution in [2.45, 2.75) is 103 Å². The summed E-state index contributed by atoms with van der Waals surface area (Å²) in [5.41, 5.74) is 1.17. The molecule has 0 saturated carbocycles. The number of Topliss-reactive ketones (excluding diaryl/α,β-unsaturated/α-hetero) is 1. The third-order valence-electron chi connectivity index (χ3n) is 8.13. The van der Waals surface area contributed by atoms with Crippen LogP contribution in [0.15, 0.2) is 48.0 Å². The van der Waals surface area contributed by atoms with Crippen molar-refractivity contribution >= 4 is 29.1 Å². The highest BCUT2D eigenvalue weighted by molar-refractivity contribution is 6.46. The average molecular weight is 598 g/mol. The number of ether oxygens (including phenoxy) is 2. The number of halogens is 1. The summed E-state index contributed by atoms with van der Waals surface area (Å²) < 4.78 is 10.9. The Hall–Kier alpha value is -2.99. The first kappa shape index (κ1) is 33.5. The van der Waals surface area contributed by atoms with Crippen LogP contribution in [0, 0.1) is 0 Å². The number of benzene rings is 2. The van der Waals surface area contributed by atoms with Crippen LogP contribution in [-0.2, 0) is 9.59 Å². The van der Waals surface area contributed by atoms with Gasteiger partial charge in [0.25, 0.3) is 11.7 Å². The maximum absolute atomic E-state index is 13.3. The molecule has 1 N–H and O–H groups in total. The molecule has 7 heteroatoms. The van der Waals surface area contributed by atoms with E-state index in [-0.39, 0.29) is 11.3 Å². The minimum absolute atomic E-state index is 0.0694. The van der Waals surface area contributed by atoms with Crippen molar-refractivity contribution in [1.29, 1.82) is 0 Å². The number of unbranched alkanes of at least 4 members (excludes halogenated alkanes) is 13. The van der Waals surface area contributed by atoms with Gasteiger partial charge in [-0.25, -0.2) is 0 Å². The molecule has 1 amide bonds. The zero-order chi connectivity index (χ0) is 30.3. The van der Waals surface area contributed by atoms with Gasteiger partial charge in [0, 0.05) is 17.1 Å². The third kappa shape index (κ3) is 9.26. The van der Waals surface area contributed by atoms with E-state index in [9.17, 15) is 14.7 Å². The topological polar surface area (TPSA) is 76.1 Å². The number of nitrogens with zero attached hydrogens (tertiary/aromatic N) is 1. The highest BCUT2D eigenvalue weighted by Crippen LogP contribution is 2.42. The molecular formula is C35H48ClNO5. The molecule has 1 heterocycles. The number of ketones is 1. The number of likely N-dealkylation sites (tertiary alicyclic amines) is 1. The summed E-state index contributed by atoms with van der Waals surface area (Å²) in [4.78, 5) is 28.2. The Morgan fingerprint density at radius 3 is 1.81 bits per heavy atom. The smallest absolute Gasteiger partial charge is 0.295 e. The molecule has 6 nitrogen and oxygen atoms in total. The summed E-state index contributed by atoms with van der Waals surface area (Å²) in [6, 6.07) is 11.2. The highest BCUT2D eigenvalue weighted by atomic mass is 35.5. The van der Waals surface area contributed by atoms with E-state index < -0.39 is 17.7 Å². The Balaban J connectivity index is 1.62. The van der Waals surface area contributed by atoms with Crippen LogP contribution in [0.2, 0.25) is 5.02 Å². The molecule has 1 saturated heterocycles. The minimum atomic E-state index is -0.734. The first-order valence-electron chi connectivity index (χ1n) is 15.7. The maximum Gasteiger partial charge on any atom is 0.295 e. The number of hydrogen-bond acceptors (Lipinski definition) is 5. The number of carbonyl (C=O) groups excluding carboxylic acids is 2. The molecule has 1 atom stereocenters. The van der Waals surface area contributed by atoms with Crippen molar-refractivity contribution in [1.82, 2.24) is 4.90 Å². The van der Waals surface area contributed by atoms with E-state index >= 15 is 0 Å². The molecule has 3 rings (SSSR count). The monoisotopic (exact) mass is 597 g/mol. The number of rotatable bonds is 19. The maximum atomic E-state index is 13.3. The van der Waals surface area contributed by atoms with Gasteiger partial charge in [0.1, 0.15) is 5.76 Å². The molecule has 1 aliphatic heterocycles. The Labute approximate surface area is 257 Å². The van der Waals surface area contributed by atoms with E-state index in [1.807, 2.05) is 6.07 Å². The fraction of sp³-hybridized carbons (Fsp3) is 0.543. The van der Waals surface area contributed by atoms with E-state index in [0.29, 0.717) is 34.2 Å². The van der Waals surface area contributed by atoms with E-state index in [2.05, 4.69) is 6.92 Å². The van der Waals surface area contributed by atoms with E-state index in [4.69, 9.17) is 21.1 Å². The molecule has 0 radical (unpaired) electrons. The zero-order valence-electron chi connectivity index (χ0n) is 25.6. The Kier molecular flexibility index (Phi) is 14.2. The molecule has 2 aromatic rings. The van der Waals surface area contributed by atoms with Crippen LogP contribution >= 0.6 is 11.6 Å². The van der Waals surface area contributed by atoms with Gasteiger partial charge in [-0.15, -0.1) is 0 Å². The first-order chi connectivity index (χ1) is 20.4. The van der Waals surface area contributed by atoms with Crippen LogP contribution in [-0.4, -0.2) is 42.5 Å². The highest BCUT2D eigenvalue weighted by Gasteiger charge is 2.46. The number of methoxy groups -OCH3 is 2. The normalized spacial score (nSPS) is 16.3. The van der Waals surface area contributed by atoms with Gasteiger partial charge >= 0.3 is 0 Å². The zero-order valence-corrected chi connectivity index (χ0v) is 26.4. The summed E-state index contributed by atoms with van der Waals surface area (Å²) in [6.07, 6.45) is 17.4. The lowest BCUT2D eigenvalue weighted by atomic mass is 9.95. The molecule has 0 unspecified atom stereocenters. The second kappa shape index (κ2) is 17.8. The van der Waals surface area contributed by atoms with Gasteiger partial charge in [0.05, 0.1) is 25.8 Å². The summed E-state index contributed by atoms with van der Waals surface area (Å²) in [6.45, 7) is 2.69. The van der Waals surface area contributed by atoms with Crippen molar-refractivity contribution < 1.29 is 24.2 Å². The third-order valence-corrected chi connectivity index (χ3v) is 8.39. The second-order valence-corrected chi connectivity index (χ2v) is 11.6. The van der Waals surface area contributed by atoms with Gasteiger partial charge in [-0.3, -0.25) is 9.59 Å². The van der Waals surface area contributed by atoms with Gasteiger partial charge in [-0.1, -0.05) is 108 Å². The van der Waals surface area contributed by atoms with Gasteiger partial charge < -0.3 is 19.5 Å². The largest absolute Gasteiger partial charge is 0.507 e. The number of hydrogen-bond donors (Lipinski definition) is 1. The Morgan fingerprint density at radius 1 is 0.762 bits per heavy atom. The molecule has 1 fully saturated rings. The predicted octanol–water partition coefficient (Wildman–Crippen LogP) is 9.26. The molecule has 230 valence electrons. The van der Waals surface area contributed by atoms with Crippen molar-refractivity contribution in [2.24, 2.45) is 0 Å². The fourth-order valence-corrected chi connectivity index (χ4v) is 5.85. The standard InChI is InChI=1S/C35H48ClNO5/c1-4-5-6-7-8-9-10-11-12-13-14-15-16-17-24-37-32(27-20-23-29(41-2)30(25-27)42-3)31(34(39)35(37)40)33(38)26-18-21-28(36)22-19-26/h18-23,25,32,38H,4-17,24H2,1-3H3/t32-/m0/s1. The van der Waals surface area contributed by atoms with Crippen LogP contribution in [0.1, 0.15) is 114 Å². The number of carbonyl (C=O) groups is 2. The van der Waals surface area contributed by atoms with Gasteiger partial charge in [-0.05, 0) is 48.4 Å². The van der Waals surface area contributed by atoms with Crippen LogP contribution in [0.5, 0.6) is 11.5 Å². The molecular weight excluding hydrogens is 550 g/mol. The Morgan fingerprint density at radius 2 is 1.29 bits per heavy atom. The summed E-state index contributed by atoms with van der Waals surface area (Å²) in [5, 5.41) is 11.8. The lowest BCUT2D eigenvalue weighted by molar-refractivity contribution is -0.139. The summed E-state index contributed by atoms with van der Waals surface area (Å²) in [5.74, 6) is -0.465. The van der Waals surface area contributed by atoms with Crippen molar-refractivity contribution in [3.05, 3.63) is 64.2 Å².